The summed E-state index contributed by atoms with van der Waals surface area (Å²) in [7, 11) is 0. The van der Waals surface area contributed by atoms with Crippen molar-refractivity contribution in [2.24, 2.45) is 5.10 Å². The highest BCUT2D eigenvalue weighted by Gasteiger charge is 2.10. The fourth-order valence-electron chi connectivity index (χ4n) is 2.25. The molecule has 0 saturated carbocycles. The first-order valence-corrected chi connectivity index (χ1v) is 8.42. The molecule has 0 spiro atoms. The van der Waals surface area contributed by atoms with Gasteiger partial charge in [0.1, 0.15) is 0 Å². The van der Waals surface area contributed by atoms with Crippen LogP contribution in [-0.4, -0.2) is 21.9 Å². The molecule has 0 aliphatic rings. The topological polar surface area (TPSA) is 59.3 Å². The lowest BCUT2D eigenvalue weighted by atomic mass is 10.2. The number of thiophene rings is 1. The molecular weight excluding hydrogens is 296 g/mol. The van der Waals surface area contributed by atoms with Gasteiger partial charge in [0.15, 0.2) is 0 Å². The molecule has 2 rings (SSSR count). The van der Waals surface area contributed by atoms with E-state index in [0.29, 0.717) is 4.88 Å². The first-order valence-electron chi connectivity index (χ1n) is 7.54. The van der Waals surface area contributed by atoms with Gasteiger partial charge in [0.25, 0.3) is 5.91 Å². The van der Waals surface area contributed by atoms with Crippen LogP contribution in [0.4, 0.5) is 0 Å². The molecule has 0 fully saturated rings. The summed E-state index contributed by atoms with van der Waals surface area (Å²) in [5.74, 6) is -0.183. The molecule has 0 bridgehead atoms. The van der Waals surface area contributed by atoms with Crippen LogP contribution in [0.3, 0.4) is 0 Å². The molecule has 6 heteroatoms. The zero-order chi connectivity index (χ0) is 15.9. The van der Waals surface area contributed by atoms with Crippen LogP contribution in [0.5, 0.6) is 0 Å². The molecule has 0 atom stereocenters. The van der Waals surface area contributed by atoms with E-state index in [2.05, 4.69) is 22.5 Å². The van der Waals surface area contributed by atoms with E-state index >= 15 is 0 Å². The smallest absolute Gasteiger partial charge is 0.269 e. The Hall–Kier alpha value is -1.95. The average molecular weight is 318 g/mol. The minimum Gasteiger partial charge on any atom is -0.269 e. The molecule has 2 aromatic heterocycles. The lowest BCUT2D eigenvalue weighted by Crippen LogP contribution is -2.16. The predicted molar refractivity (Wildman–Crippen MR) is 90.6 cm³/mol. The summed E-state index contributed by atoms with van der Waals surface area (Å²) in [4.78, 5) is 12.5. The second kappa shape index (κ2) is 7.89. The van der Waals surface area contributed by atoms with Crippen LogP contribution in [0.25, 0.3) is 0 Å². The fraction of sp³-hybridized carbons (Fsp3) is 0.438. The van der Waals surface area contributed by atoms with Crippen LogP contribution in [0.2, 0.25) is 0 Å². The first-order chi connectivity index (χ1) is 10.6. The number of nitrogens with one attached hydrogen (secondary N) is 1. The summed E-state index contributed by atoms with van der Waals surface area (Å²) < 4.78 is 2.02. The Morgan fingerprint density at radius 3 is 2.95 bits per heavy atom. The minimum atomic E-state index is -0.183. The maximum Gasteiger partial charge on any atom is 0.281 e. The number of rotatable bonds is 7. The molecule has 0 saturated heterocycles. The van der Waals surface area contributed by atoms with Crippen molar-refractivity contribution in [2.45, 2.75) is 46.6 Å². The number of aryl methyl sites for hydroxylation is 2. The SMILES string of the molecule is CCCCCn1nc(C)c(/C=N/NC(=O)c2cccs2)c1C. The third-order valence-corrected chi connectivity index (χ3v) is 4.38. The predicted octanol–water partition coefficient (Wildman–Crippen LogP) is 3.52. The van der Waals surface area contributed by atoms with Gasteiger partial charge in [0.2, 0.25) is 0 Å². The van der Waals surface area contributed by atoms with Gasteiger partial charge in [-0.2, -0.15) is 10.2 Å². The summed E-state index contributed by atoms with van der Waals surface area (Å²) in [6.07, 6.45) is 5.21. The Morgan fingerprint density at radius 1 is 1.45 bits per heavy atom. The van der Waals surface area contributed by atoms with Crippen molar-refractivity contribution in [3.8, 4) is 0 Å². The van der Waals surface area contributed by atoms with Crippen molar-refractivity contribution in [1.29, 1.82) is 0 Å². The highest BCUT2D eigenvalue weighted by molar-refractivity contribution is 7.12. The van der Waals surface area contributed by atoms with E-state index in [1.54, 1.807) is 12.3 Å². The monoisotopic (exact) mass is 318 g/mol. The summed E-state index contributed by atoms with van der Waals surface area (Å²) in [5, 5.41) is 10.5. The van der Waals surface area contributed by atoms with Crippen LogP contribution < -0.4 is 5.43 Å². The third kappa shape index (κ3) is 4.04. The van der Waals surface area contributed by atoms with Crippen molar-refractivity contribution in [1.82, 2.24) is 15.2 Å². The average Bonchev–Trinajstić information content (AvgIpc) is 3.11. The van der Waals surface area contributed by atoms with E-state index < -0.39 is 0 Å². The van der Waals surface area contributed by atoms with Crippen LogP contribution in [-0.2, 0) is 6.54 Å². The van der Waals surface area contributed by atoms with Crippen molar-refractivity contribution >= 4 is 23.5 Å². The maximum atomic E-state index is 11.8. The normalized spacial score (nSPS) is 11.2. The second-order valence-electron chi connectivity index (χ2n) is 5.19. The van der Waals surface area contributed by atoms with Crippen molar-refractivity contribution in [2.75, 3.05) is 0 Å². The number of unbranched alkanes of at least 4 members (excludes halogenated alkanes) is 2. The molecule has 22 heavy (non-hydrogen) atoms. The second-order valence-corrected chi connectivity index (χ2v) is 6.14. The molecule has 0 aromatic carbocycles. The van der Waals surface area contributed by atoms with Crippen molar-refractivity contribution < 1.29 is 4.79 Å². The summed E-state index contributed by atoms with van der Waals surface area (Å²) in [5.41, 5.74) is 5.55. The Labute approximate surface area is 135 Å². The Kier molecular flexibility index (Phi) is 5.89. The summed E-state index contributed by atoms with van der Waals surface area (Å²) in [6.45, 7) is 7.12. The molecule has 1 N–H and O–H groups in total. The maximum absolute atomic E-state index is 11.8. The van der Waals surface area contributed by atoms with Gasteiger partial charge in [-0.05, 0) is 31.7 Å². The van der Waals surface area contributed by atoms with E-state index in [4.69, 9.17) is 0 Å². The van der Waals surface area contributed by atoms with Gasteiger partial charge in [-0.25, -0.2) is 5.43 Å². The number of carbonyl (C=O) groups excluding carboxylic acids is 1. The van der Waals surface area contributed by atoms with E-state index in [0.717, 1.165) is 29.9 Å². The number of hydrogen-bond donors (Lipinski definition) is 1. The highest BCUT2D eigenvalue weighted by atomic mass is 32.1. The number of amides is 1. The molecule has 0 radical (unpaired) electrons. The molecule has 0 aliphatic heterocycles. The van der Waals surface area contributed by atoms with Crippen LogP contribution in [0.1, 0.15) is 52.8 Å². The fourth-order valence-corrected chi connectivity index (χ4v) is 2.86. The van der Waals surface area contributed by atoms with E-state index in [-0.39, 0.29) is 5.91 Å². The zero-order valence-electron chi connectivity index (χ0n) is 13.3. The van der Waals surface area contributed by atoms with Gasteiger partial charge < -0.3 is 0 Å². The molecule has 2 heterocycles. The third-order valence-electron chi connectivity index (χ3n) is 3.52. The molecule has 118 valence electrons. The van der Waals surface area contributed by atoms with Gasteiger partial charge in [-0.3, -0.25) is 9.48 Å². The summed E-state index contributed by atoms with van der Waals surface area (Å²) in [6, 6.07) is 3.62. The lowest BCUT2D eigenvalue weighted by Gasteiger charge is -2.03. The van der Waals surface area contributed by atoms with Crippen molar-refractivity contribution in [3.63, 3.8) is 0 Å². The molecule has 0 unspecified atom stereocenters. The van der Waals surface area contributed by atoms with Gasteiger partial charge in [0.05, 0.1) is 16.8 Å². The highest BCUT2D eigenvalue weighted by Crippen LogP contribution is 2.12. The van der Waals surface area contributed by atoms with Crippen molar-refractivity contribution in [3.05, 3.63) is 39.3 Å². The Balaban J connectivity index is 2.00. The Bertz CT molecular complexity index is 643. The molecule has 0 aliphatic carbocycles. The van der Waals surface area contributed by atoms with E-state index in [1.807, 2.05) is 30.0 Å². The minimum absolute atomic E-state index is 0.183. The molecule has 2 aromatic rings. The van der Waals surface area contributed by atoms with Gasteiger partial charge in [0, 0.05) is 17.8 Å². The Morgan fingerprint density at radius 2 is 2.27 bits per heavy atom. The standard InChI is InChI=1S/C16H22N4OS/c1-4-5-6-9-20-13(3)14(12(2)19-20)11-17-18-16(21)15-8-7-10-22-15/h7-8,10-11H,4-6,9H2,1-3H3,(H,18,21)/b17-11+. The number of hydrazone groups is 1. The number of carbonyl (C=O) groups is 1. The molecule has 5 nitrogen and oxygen atoms in total. The number of nitrogens with zero attached hydrogens (tertiary/aromatic N) is 3. The van der Waals surface area contributed by atoms with Crippen LogP contribution in [0.15, 0.2) is 22.6 Å². The summed E-state index contributed by atoms with van der Waals surface area (Å²) >= 11 is 1.40. The lowest BCUT2D eigenvalue weighted by molar-refractivity contribution is 0.0959. The molecule has 1 amide bonds. The molecular formula is C16H22N4OS. The van der Waals surface area contributed by atoms with Gasteiger partial charge >= 0.3 is 0 Å². The largest absolute Gasteiger partial charge is 0.281 e. The first kappa shape index (κ1) is 16.4. The van der Waals surface area contributed by atoms with Gasteiger partial charge in [-0.1, -0.05) is 25.8 Å². The van der Waals surface area contributed by atoms with E-state index in [1.165, 1.54) is 24.2 Å². The van der Waals surface area contributed by atoms with Gasteiger partial charge in [-0.15, -0.1) is 11.3 Å². The number of aromatic nitrogens is 2. The number of hydrogen-bond acceptors (Lipinski definition) is 4. The van der Waals surface area contributed by atoms with Crippen LogP contribution >= 0.6 is 11.3 Å². The van der Waals surface area contributed by atoms with E-state index in [9.17, 15) is 4.79 Å². The van der Waals surface area contributed by atoms with Crippen LogP contribution in [0, 0.1) is 13.8 Å². The zero-order valence-corrected chi connectivity index (χ0v) is 14.1. The quantitative estimate of drug-likeness (QED) is 0.482.